The number of nitrogens with zero attached hydrogens (tertiary/aromatic N) is 1. The minimum Gasteiger partial charge on any atom is -0.396 e. The first-order valence-electron chi connectivity index (χ1n) is 5.37. The normalized spacial score (nSPS) is 12.7. The van der Waals surface area contributed by atoms with Crippen LogP contribution in [-0.4, -0.2) is 36.8 Å². The van der Waals surface area contributed by atoms with Crippen molar-refractivity contribution in [2.45, 2.75) is 19.3 Å². The van der Waals surface area contributed by atoms with E-state index in [0.717, 1.165) is 24.3 Å². The van der Waals surface area contributed by atoms with Crippen molar-refractivity contribution in [2.24, 2.45) is 5.92 Å². The summed E-state index contributed by atoms with van der Waals surface area (Å²) >= 11 is 0. The third-order valence-corrected chi connectivity index (χ3v) is 2.30. The number of rotatable bonds is 8. The number of aliphatic hydroxyl groups excluding tert-OH is 1. The first-order chi connectivity index (χ1) is 7.65. The van der Waals surface area contributed by atoms with E-state index in [2.05, 4.69) is 6.58 Å². The van der Waals surface area contributed by atoms with Crippen molar-refractivity contribution < 1.29 is 14.7 Å². The summed E-state index contributed by atoms with van der Waals surface area (Å²) in [6, 6.07) is 0. The molecule has 0 aliphatic rings. The van der Waals surface area contributed by atoms with Crippen LogP contribution >= 0.6 is 0 Å². The molecule has 4 nitrogen and oxygen atoms in total. The van der Waals surface area contributed by atoms with Gasteiger partial charge in [-0.3, -0.25) is 9.63 Å². The van der Waals surface area contributed by atoms with Crippen molar-refractivity contribution in [3.8, 4) is 0 Å². The summed E-state index contributed by atoms with van der Waals surface area (Å²) in [6.07, 6.45) is 7.54. The number of allylic oxidation sites excluding steroid dienone is 2. The second-order valence-corrected chi connectivity index (χ2v) is 3.53. The van der Waals surface area contributed by atoms with Gasteiger partial charge in [0.15, 0.2) is 0 Å². The Morgan fingerprint density at radius 3 is 2.81 bits per heavy atom. The molecule has 0 aromatic carbocycles. The molecule has 0 aromatic rings. The van der Waals surface area contributed by atoms with Gasteiger partial charge in [-0.1, -0.05) is 12.2 Å². The Morgan fingerprint density at radius 2 is 2.31 bits per heavy atom. The lowest BCUT2D eigenvalue weighted by atomic mass is 9.99. The van der Waals surface area contributed by atoms with Crippen LogP contribution in [0.2, 0.25) is 0 Å². The number of carbonyl (C=O) groups excluding carboxylic acids is 1. The van der Waals surface area contributed by atoms with Gasteiger partial charge < -0.3 is 5.11 Å². The Morgan fingerprint density at radius 1 is 1.62 bits per heavy atom. The number of aliphatic hydroxyl groups is 1. The summed E-state index contributed by atoms with van der Waals surface area (Å²) in [6.45, 7) is 3.84. The minimum absolute atomic E-state index is 0.174. The zero-order chi connectivity index (χ0) is 12.4. The lowest BCUT2D eigenvalue weighted by molar-refractivity contribution is -0.162. The monoisotopic (exact) mass is 227 g/mol. The maximum Gasteiger partial charge on any atom is 0.269 e. The molecule has 0 rings (SSSR count). The molecule has 92 valence electrons. The molecule has 0 spiro atoms. The average molecular weight is 227 g/mol. The van der Waals surface area contributed by atoms with Crippen LogP contribution < -0.4 is 0 Å². The molecular weight excluding hydrogens is 206 g/mol. The van der Waals surface area contributed by atoms with Crippen LogP contribution in [0.15, 0.2) is 24.8 Å². The molecule has 0 bridgehead atoms. The summed E-state index contributed by atoms with van der Waals surface area (Å²) in [5.41, 5.74) is 0. The second kappa shape index (κ2) is 9.12. The predicted octanol–water partition coefficient (Wildman–Crippen LogP) is 1.53. The molecule has 1 unspecified atom stereocenters. The van der Waals surface area contributed by atoms with Gasteiger partial charge in [-0.05, 0) is 25.2 Å². The summed E-state index contributed by atoms with van der Waals surface area (Å²) in [5, 5.41) is 9.90. The van der Waals surface area contributed by atoms with Crippen LogP contribution in [0.4, 0.5) is 0 Å². The Hall–Kier alpha value is -1.13. The van der Waals surface area contributed by atoms with E-state index < -0.39 is 0 Å². The molecule has 0 aliphatic carbocycles. The standard InChI is InChI=1S/C12H21NO3/c1-4-6-11(7-5-10-14)8-9-12(15)13(2)16-3/h4,8-9,11,14H,1,5-7,10H2,2-3H3/b9-8+. The van der Waals surface area contributed by atoms with Crippen molar-refractivity contribution in [1.29, 1.82) is 0 Å². The fourth-order valence-electron chi connectivity index (χ4n) is 1.27. The van der Waals surface area contributed by atoms with Gasteiger partial charge in [0.25, 0.3) is 5.91 Å². The highest BCUT2D eigenvalue weighted by molar-refractivity contribution is 5.86. The SMILES string of the molecule is C=CCC(/C=C/C(=O)N(C)OC)CCCO. The van der Waals surface area contributed by atoms with Crippen molar-refractivity contribution in [1.82, 2.24) is 5.06 Å². The quantitative estimate of drug-likeness (QED) is 0.388. The van der Waals surface area contributed by atoms with Gasteiger partial charge in [-0.15, -0.1) is 6.58 Å². The predicted molar refractivity (Wildman–Crippen MR) is 63.5 cm³/mol. The molecule has 1 N–H and O–H groups in total. The van der Waals surface area contributed by atoms with Gasteiger partial charge in [0, 0.05) is 19.7 Å². The van der Waals surface area contributed by atoms with Crippen LogP contribution in [0.5, 0.6) is 0 Å². The number of hydrogen-bond donors (Lipinski definition) is 1. The van der Waals surface area contributed by atoms with Gasteiger partial charge in [0.05, 0.1) is 7.11 Å². The van der Waals surface area contributed by atoms with Crippen molar-refractivity contribution in [3.05, 3.63) is 24.8 Å². The number of hydrogen-bond acceptors (Lipinski definition) is 3. The highest BCUT2D eigenvalue weighted by atomic mass is 16.7. The maximum atomic E-state index is 11.4. The van der Waals surface area contributed by atoms with Crippen LogP contribution in [0.25, 0.3) is 0 Å². The Balaban J connectivity index is 4.19. The summed E-state index contributed by atoms with van der Waals surface area (Å²) < 4.78 is 0. The molecule has 0 fully saturated rings. The van der Waals surface area contributed by atoms with E-state index in [-0.39, 0.29) is 18.4 Å². The molecule has 0 heterocycles. The van der Waals surface area contributed by atoms with E-state index in [4.69, 9.17) is 9.94 Å². The molecule has 0 aromatic heterocycles. The third kappa shape index (κ3) is 6.37. The highest BCUT2D eigenvalue weighted by Crippen LogP contribution is 2.13. The number of amides is 1. The lowest BCUT2D eigenvalue weighted by Crippen LogP contribution is -2.23. The van der Waals surface area contributed by atoms with Crippen molar-refractivity contribution in [2.75, 3.05) is 20.8 Å². The first-order valence-corrected chi connectivity index (χ1v) is 5.37. The molecule has 0 saturated heterocycles. The van der Waals surface area contributed by atoms with E-state index in [1.54, 1.807) is 7.05 Å². The molecule has 1 atom stereocenters. The zero-order valence-electron chi connectivity index (χ0n) is 10.1. The fourth-order valence-corrected chi connectivity index (χ4v) is 1.27. The molecule has 0 radical (unpaired) electrons. The number of likely N-dealkylation sites (N-methyl/N-ethyl adjacent to an activating group) is 1. The van der Waals surface area contributed by atoms with Crippen molar-refractivity contribution >= 4 is 5.91 Å². The Kier molecular flexibility index (Phi) is 8.48. The van der Waals surface area contributed by atoms with Gasteiger partial charge in [0.1, 0.15) is 0 Å². The molecular formula is C12H21NO3. The van der Waals surface area contributed by atoms with Crippen LogP contribution in [0, 0.1) is 5.92 Å². The van der Waals surface area contributed by atoms with Crippen LogP contribution in [-0.2, 0) is 9.63 Å². The summed E-state index contributed by atoms with van der Waals surface area (Å²) in [4.78, 5) is 16.2. The van der Waals surface area contributed by atoms with E-state index in [0.29, 0.717) is 0 Å². The summed E-state index contributed by atoms with van der Waals surface area (Å²) in [5.74, 6) is 0.0550. The average Bonchev–Trinajstić information content (AvgIpc) is 2.31. The van der Waals surface area contributed by atoms with Gasteiger partial charge in [-0.2, -0.15) is 0 Å². The van der Waals surface area contributed by atoms with Gasteiger partial charge in [0.2, 0.25) is 0 Å². The molecule has 1 amide bonds. The Bertz CT molecular complexity index is 238. The van der Waals surface area contributed by atoms with E-state index in [9.17, 15) is 4.79 Å². The molecule has 0 saturated carbocycles. The third-order valence-electron chi connectivity index (χ3n) is 2.30. The Labute approximate surface area is 97.2 Å². The molecule has 16 heavy (non-hydrogen) atoms. The van der Waals surface area contributed by atoms with E-state index in [1.807, 2.05) is 12.2 Å². The molecule has 4 heteroatoms. The largest absolute Gasteiger partial charge is 0.396 e. The maximum absolute atomic E-state index is 11.4. The van der Waals surface area contributed by atoms with Crippen molar-refractivity contribution in [3.63, 3.8) is 0 Å². The smallest absolute Gasteiger partial charge is 0.269 e. The van der Waals surface area contributed by atoms with Crippen LogP contribution in [0.1, 0.15) is 19.3 Å². The second-order valence-electron chi connectivity index (χ2n) is 3.53. The van der Waals surface area contributed by atoms with E-state index >= 15 is 0 Å². The first kappa shape index (κ1) is 14.9. The topological polar surface area (TPSA) is 49.8 Å². The number of carbonyl (C=O) groups is 1. The number of hydroxylamine groups is 2. The van der Waals surface area contributed by atoms with Gasteiger partial charge >= 0.3 is 0 Å². The fraction of sp³-hybridized carbons (Fsp3) is 0.583. The lowest BCUT2D eigenvalue weighted by Gasteiger charge is -2.12. The van der Waals surface area contributed by atoms with Crippen LogP contribution in [0.3, 0.4) is 0 Å². The summed E-state index contributed by atoms with van der Waals surface area (Å²) in [7, 11) is 3.00. The molecule has 0 aliphatic heterocycles. The zero-order valence-corrected chi connectivity index (χ0v) is 10.1. The van der Waals surface area contributed by atoms with E-state index in [1.165, 1.54) is 13.2 Å². The van der Waals surface area contributed by atoms with Gasteiger partial charge in [-0.25, -0.2) is 5.06 Å². The minimum atomic E-state index is -0.194. The highest BCUT2D eigenvalue weighted by Gasteiger charge is 2.06.